The number of carbonyl (C=O) groups excluding carboxylic acids is 2. The summed E-state index contributed by atoms with van der Waals surface area (Å²) in [5, 5.41) is 0.591. The standard InChI is InChI=1S/C20H16ClFN2O3S/c21-13-1-7-16(8-2-13)28-18-17(23-9-11-27-12-10-23)19(25)24(20(18)26)15-5-3-14(22)4-6-15/h1-8H,9-12H2. The van der Waals surface area contributed by atoms with Gasteiger partial charge in [0.1, 0.15) is 16.4 Å². The van der Waals surface area contributed by atoms with Crippen LogP contribution in [0.1, 0.15) is 0 Å². The van der Waals surface area contributed by atoms with Crippen molar-refractivity contribution in [3.63, 3.8) is 0 Å². The van der Waals surface area contributed by atoms with Crippen LogP contribution in [0.4, 0.5) is 10.1 Å². The first kappa shape index (κ1) is 19.0. The van der Waals surface area contributed by atoms with E-state index in [0.29, 0.717) is 47.6 Å². The first-order chi connectivity index (χ1) is 13.5. The van der Waals surface area contributed by atoms with Crippen molar-refractivity contribution in [2.75, 3.05) is 31.2 Å². The van der Waals surface area contributed by atoms with Crippen LogP contribution in [0.15, 0.2) is 64.0 Å². The van der Waals surface area contributed by atoms with E-state index in [1.165, 1.54) is 36.0 Å². The fourth-order valence-electron chi connectivity index (χ4n) is 3.10. The Kier molecular flexibility index (Phi) is 5.39. The average Bonchev–Trinajstić information content (AvgIpc) is 2.95. The quantitative estimate of drug-likeness (QED) is 0.709. The van der Waals surface area contributed by atoms with Crippen molar-refractivity contribution >= 4 is 40.9 Å². The number of anilines is 1. The zero-order valence-corrected chi connectivity index (χ0v) is 16.3. The number of benzene rings is 2. The molecule has 2 aromatic rings. The summed E-state index contributed by atoms with van der Waals surface area (Å²) in [6, 6.07) is 12.4. The number of rotatable bonds is 4. The van der Waals surface area contributed by atoms with Crippen molar-refractivity contribution in [3.8, 4) is 0 Å². The minimum atomic E-state index is -0.431. The molecule has 4 rings (SSSR count). The summed E-state index contributed by atoms with van der Waals surface area (Å²) in [6.45, 7) is 2.02. The topological polar surface area (TPSA) is 49.9 Å². The number of ether oxygens (including phenoxy) is 1. The Hall–Kier alpha value is -2.35. The van der Waals surface area contributed by atoms with Gasteiger partial charge in [0.25, 0.3) is 11.8 Å². The van der Waals surface area contributed by atoms with Gasteiger partial charge in [0, 0.05) is 23.0 Å². The fraction of sp³-hybridized carbons (Fsp3) is 0.200. The van der Waals surface area contributed by atoms with Crippen LogP contribution in [-0.2, 0) is 14.3 Å². The van der Waals surface area contributed by atoms with Gasteiger partial charge in [-0.3, -0.25) is 9.59 Å². The molecule has 0 aromatic heterocycles. The van der Waals surface area contributed by atoms with Crippen LogP contribution >= 0.6 is 23.4 Å². The molecule has 2 aliphatic rings. The predicted molar refractivity (Wildman–Crippen MR) is 106 cm³/mol. The molecule has 0 atom stereocenters. The van der Waals surface area contributed by atoms with Gasteiger partial charge in [-0.25, -0.2) is 9.29 Å². The number of carbonyl (C=O) groups is 2. The van der Waals surface area contributed by atoms with Crippen LogP contribution < -0.4 is 4.90 Å². The molecule has 2 amide bonds. The SMILES string of the molecule is O=C1C(Sc2ccc(Cl)cc2)=C(N2CCOCC2)C(=O)N1c1ccc(F)cc1. The Morgan fingerprint density at radius 2 is 1.57 bits per heavy atom. The van der Waals surface area contributed by atoms with Gasteiger partial charge >= 0.3 is 0 Å². The molecule has 0 unspecified atom stereocenters. The third kappa shape index (κ3) is 3.65. The molecule has 2 aliphatic heterocycles. The molecule has 8 heteroatoms. The second kappa shape index (κ2) is 7.95. The summed E-state index contributed by atoms with van der Waals surface area (Å²) in [6.07, 6.45) is 0. The number of hydrogen-bond acceptors (Lipinski definition) is 5. The van der Waals surface area contributed by atoms with Crippen molar-refractivity contribution in [1.82, 2.24) is 4.90 Å². The highest BCUT2D eigenvalue weighted by atomic mass is 35.5. The Labute approximate surface area is 170 Å². The highest BCUT2D eigenvalue weighted by Crippen LogP contribution is 2.39. The molecule has 0 saturated carbocycles. The highest BCUT2D eigenvalue weighted by Gasteiger charge is 2.42. The lowest BCUT2D eigenvalue weighted by Gasteiger charge is -2.29. The van der Waals surface area contributed by atoms with Gasteiger partial charge in [0.2, 0.25) is 0 Å². The maximum Gasteiger partial charge on any atom is 0.283 e. The summed E-state index contributed by atoms with van der Waals surface area (Å²) in [5.74, 6) is -1.26. The van der Waals surface area contributed by atoms with E-state index in [-0.39, 0.29) is 0 Å². The Morgan fingerprint density at radius 3 is 2.21 bits per heavy atom. The second-order valence-corrected chi connectivity index (χ2v) is 7.78. The molecule has 28 heavy (non-hydrogen) atoms. The lowest BCUT2D eigenvalue weighted by atomic mass is 10.3. The zero-order chi connectivity index (χ0) is 19.7. The predicted octanol–water partition coefficient (Wildman–Crippen LogP) is 3.69. The molecule has 0 radical (unpaired) electrons. The maximum atomic E-state index is 13.3. The first-order valence-electron chi connectivity index (χ1n) is 8.69. The molecular formula is C20H16ClFN2O3S. The van der Waals surface area contributed by atoms with Crippen LogP contribution in [0.25, 0.3) is 0 Å². The van der Waals surface area contributed by atoms with Gasteiger partial charge in [-0.2, -0.15) is 0 Å². The summed E-state index contributed by atoms with van der Waals surface area (Å²) in [5.41, 5.74) is 0.700. The molecule has 5 nitrogen and oxygen atoms in total. The van der Waals surface area contributed by atoms with Crippen molar-refractivity contribution in [2.45, 2.75) is 4.90 Å². The van der Waals surface area contributed by atoms with Gasteiger partial charge in [-0.05, 0) is 48.5 Å². The molecule has 0 N–H and O–H groups in total. The first-order valence-corrected chi connectivity index (χ1v) is 9.89. The number of hydrogen-bond donors (Lipinski definition) is 0. The van der Waals surface area contributed by atoms with Crippen LogP contribution in [0.5, 0.6) is 0 Å². The molecule has 2 aromatic carbocycles. The van der Waals surface area contributed by atoms with Crippen molar-refractivity contribution in [1.29, 1.82) is 0 Å². The minimum absolute atomic E-state index is 0.342. The number of halogens is 2. The van der Waals surface area contributed by atoms with E-state index in [1.807, 2.05) is 4.90 Å². The van der Waals surface area contributed by atoms with Gasteiger partial charge in [0.15, 0.2) is 0 Å². The normalized spacial score (nSPS) is 17.6. The lowest BCUT2D eigenvalue weighted by Crippen LogP contribution is -2.40. The fourth-order valence-corrected chi connectivity index (χ4v) is 4.23. The molecule has 2 heterocycles. The van der Waals surface area contributed by atoms with Crippen molar-refractivity contribution in [2.24, 2.45) is 0 Å². The number of thioether (sulfide) groups is 1. The summed E-state index contributed by atoms with van der Waals surface area (Å²) in [4.78, 5) is 30.5. The smallest absolute Gasteiger partial charge is 0.283 e. The molecule has 0 bridgehead atoms. The van der Waals surface area contributed by atoms with E-state index in [2.05, 4.69) is 0 Å². The van der Waals surface area contributed by atoms with E-state index in [1.54, 1.807) is 24.3 Å². The van der Waals surface area contributed by atoms with E-state index in [0.717, 1.165) is 9.80 Å². The monoisotopic (exact) mass is 418 g/mol. The minimum Gasteiger partial charge on any atom is -0.378 e. The van der Waals surface area contributed by atoms with Crippen LogP contribution in [0, 0.1) is 5.82 Å². The largest absolute Gasteiger partial charge is 0.378 e. The second-order valence-electron chi connectivity index (χ2n) is 6.26. The maximum absolute atomic E-state index is 13.3. The van der Waals surface area contributed by atoms with Gasteiger partial charge in [-0.1, -0.05) is 23.4 Å². The molecule has 144 valence electrons. The van der Waals surface area contributed by atoms with E-state index < -0.39 is 17.6 Å². The molecule has 1 saturated heterocycles. The third-order valence-electron chi connectivity index (χ3n) is 4.46. The number of nitrogens with zero attached hydrogens (tertiary/aromatic N) is 2. The Balaban J connectivity index is 1.72. The summed E-state index contributed by atoms with van der Waals surface area (Å²) in [7, 11) is 0. The lowest BCUT2D eigenvalue weighted by molar-refractivity contribution is -0.121. The average molecular weight is 419 g/mol. The van der Waals surface area contributed by atoms with E-state index in [9.17, 15) is 14.0 Å². The van der Waals surface area contributed by atoms with Crippen LogP contribution in [0.3, 0.4) is 0 Å². The number of morpholine rings is 1. The van der Waals surface area contributed by atoms with Crippen LogP contribution in [0.2, 0.25) is 5.02 Å². The zero-order valence-electron chi connectivity index (χ0n) is 14.7. The van der Waals surface area contributed by atoms with Gasteiger partial charge in [0.05, 0.1) is 18.9 Å². The van der Waals surface area contributed by atoms with E-state index in [4.69, 9.17) is 16.3 Å². The van der Waals surface area contributed by atoms with Crippen molar-refractivity contribution in [3.05, 3.63) is 70.0 Å². The molecule has 0 aliphatic carbocycles. The Bertz CT molecular complexity index is 941. The highest BCUT2D eigenvalue weighted by molar-refractivity contribution is 8.04. The number of imide groups is 1. The molecular weight excluding hydrogens is 403 g/mol. The van der Waals surface area contributed by atoms with Crippen LogP contribution in [-0.4, -0.2) is 43.0 Å². The van der Waals surface area contributed by atoms with Gasteiger partial charge in [-0.15, -0.1) is 0 Å². The Morgan fingerprint density at radius 1 is 0.929 bits per heavy atom. The van der Waals surface area contributed by atoms with Gasteiger partial charge < -0.3 is 9.64 Å². The van der Waals surface area contributed by atoms with Crippen molar-refractivity contribution < 1.29 is 18.7 Å². The molecule has 0 spiro atoms. The summed E-state index contributed by atoms with van der Waals surface area (Å²) < 4.78 is 18.7. The number of amides is 2. The molecule has 1 fully saturated rings. The summed E-state index contributed by atoms with van der Waals surface area (Å²) >= 11 is 7.17. The third-order valence-corrected chi connectivity index (χ3v) is 5.80. The van der Waals surface area contributed by atoms with E-state index >= 15 is 0 Å².